The lowest BCUT2D eigenvalue weighted by Gasteiger charge is -2.16. The highest BCUT2D eigenvalue weighted by molar-refractivity contribution is 6.17. The number of ether oxygens (including phenoxy) is 1. The van der Waals surface area contributed by atoms with Crippen LogP contribution in [-0.2, 0) is 24.6 Å². The van der Waals surface area contributed by atoms with Gasteiger partial charge in [-0.25, -0.2) is 4.98 Å². The van der Waals surface area contributed by atoms with Gasteiger partial charge in [-0.2, -0.15) is 5.10 Å². The van der Waals surface area contributed by atoms with Crippen molar-refractivity contribution in [3.8, 4) is 0 Å². The molecule has 20 heavy (non-hydrogen) atoms. The number of fused-ring (bicyclic) bond motifs is 1. The van der Waals surface area contributed by atoms with Crippen LogP contribution >= 0.6 is 11.6 Å². The van der Waals surface area contributed by atoms with Gasteiger partial charge in [0.15, 0.2) is 5.65 Å². The molecule has 0 aliphatic carbocycles. The van der Waals surface area contributed by atoms with Crippen LogP contribution in [0.5, 0.6) is 0 Å². The molecular weight excluding hydrogens is 276 g/mol. The number of aryl methyl sites for hydroxylation is 3. The Kier molecular flexibility index (Phi) is 5.05. The van der Waals surface area contributed by atoms with Gasteiger partial charge in [0.2, 0.25) is 0 Å². The Hall–Kier alpha value is -1.07. The zero-order chi connectivity index (χ0) is 14.7. The second kappa shape index (κ2) is 6.59. The van der Waals surface area contributed by atoms with Gasteiger partial charge in [0, 0.05) is 26.5 Å². The third kappa shape index (κ3) is 2.69. The molecule has 0 spiro atoms. The van der Waals surface area contributed by atoms with Crippen molar-refractivity contribution in [2.75, 3.05) is 19.6 Å². The lowest BCUT2D eigenvalue weighted by atomic mass is 10.2. The molecule has 6 heteroatoms. The number of alkyl halides is 1. The summed E-state index contributed by atoms with van der Waals surface area (Å²) < 4.78 is 9.44. The molecule has 2 aromatic rings. The number of nitrogens with zero attached hydrogens (tertiary/aromatic N) is 4. The molecule has 0 saturated carbocycles. The fourth-order valence-electron chi connectivity index (χ4n) is 2.69. The molecule has 0 fully saturated rings. The first-order valence-corrected chi connectivity index (χ1v) is 7.65. The maximum absolute atomic E-state index is 5.92. The summed E-state index contributed by atoms with van der Waals surface area (Å²) in [6.07, 6.45) is 2.78. The van der Waals surface area contributed by atoms with Gasteiger partial charge in [0.25, 0.3) is 0 Å². The van der Waals surface area contributed by atoms with Crippen LogP contribution in [0.1, 0.15) is 37.8 Å². The van der Waals surface area contributed by atoms with Crippen LogP contribution in [0.2, 0.25) is 0 Å². The molecule has 0 aromatic carbocycles. The smallest absolute Gasteiger partial charge is 0.159 e. The molecule has 2 heterocycles. The predicted molar refractivity (Wildman–Crippen MR) is 81.5 cm³/mol. The third-order valence-electron chi connectivity index (χ3n) is 3.46. The van der Waals surface area contributed by atoms with Crippen LogP contribution in [-0.4, -0.2) is 38.9 Å². The summed E-state index contributed by atoms with van der Waals surface area (Å²) in [6, 6.07) is 0.216. The van der Waals surface area contributed by atoms with Crippen LogP contribution in [0, 0.1) is 0 Å². The first-order valence-electron chi connectivity index (χ1n) is 7.11. The molecule has 1 atom stereocenters. The fraction of sp³-hybridized carbons (Fsp3) is 0.714. The summed E-state index contributed by atoms with van der Waals surface area (Å²) in [6.45, 7) is 4.94. The van der Waals surface area contributed by atoms with Gasteiger partial charge in [-0.05, 0) is 13.3 Å². The van der Waals surface area contributed by atoms with Gasteiger partial charge in [-0.1, -0.05) is 13.3 Å². The Morgan fingerprint density at radius 1 is 1.35 bits per heavy atom. The SMILES string of the molecule is CCCc1nn(C)c2c1nc(CCCl)n2C(C)COC. The van der Waals surface area contributed by atoms with Crippen LogP contribution in [0.3, 0.4) is 0 Å². The highest BCUT2D eigenvalue weighted by Crippen LogP contribution is 2.25. The highest BCUT2D eigenvalue weighted by atomic mass is 35.5. The molecule has 112 valence electrons. The minimum Gasteiger partial charge on any atom is -0.383 e. The van der Waals surface area contributed by atoms with Crippen molar-refractivity contribution >= 4 is 22.8 Å². The van der Waals surface area contributed by atoms with E-state index in [1.54, 1.807) is 7.11 Å². The van der Waals surface area contributed by atoms with E-state index in [4.69, 9.17) is 21.3 Å². The fourth-order valence-corrected chi connectivity index (χ4v) is 2.86. The second-order valence-electron chi connectivity index (χ2n) is 5.13. The largest absolute Gasteiger partial charge is 0.383 e. The Bertz CT molecular complexity index is 575. The molecule has 0 aliphatic rings. The minimum absolute atomic E-state index is 0.216. The summed E-state index contributed by atoms with van der Waals surface area (Å²) in [5, 5.41) is 4.60. The van der Waals surface area contributed by atoms with E-state index in [1.807, 2.05) is 11.7 Å². The van der Waals surface area contributed by atoms with Crippen molar-refractivity contribution in [3.05, 3.63) is 11.5 Å². The molecule has 0 radical (unpaired) electrons. The predicted octanol–water partition coefficient (Wildman–Crippen LogP) is 2.71. The topological polar surface area (TPSA) is 44.9 Å². The number of methoxy groups -OCH3 is 1. The lowest BCUT2D eigenvalue weighted by molar-refractivity contribution is 0.162. The number of hydrogen-bond acceptors (Lipinski definition) is 3. The normalized spacial score (nSPS) is 13.2. The van der Waals surface area contributed by atoms with Gasteiger partial charge in [0.1, 0.15) is 11.3 Å². The van der Waals surface area contributed by atoms with E-state index >= 15 is 0 Å². The molecule has 1 unspecified atom stereocenters. The standard InChI is InChI=1S/C14H23ClN4O/c1-5-6-11-13-14(18(3)17-11)19(10(2)9-20-4)12(16-13)7-8-15/h10H,5-9H2,1-4H3. The first kappa shape index (κ1) is 15.3. The quantitative estimate of drug-likeness (QED) is 0.738. The number of imidazole rings is 1. The monoisotopic (exact) mass is 298 g/mol. The highest BCUT2D eigenvalue weighted by Gasteiger charge is 2.21. The average Bonchev–Trinajstić information content (AvgIpc) is 2.90. The average molecular weight is 299 g/mol. The summed E-state index contributed by atoms with van der Waals surface area (Å²) in [7, 11) is 3.70. The van der Waals surface area contributed by atoms with Crippen molar-refractivity contribution in [2.24, 2.45) is 7.05 Å². The number of hydrogen-bond donors (Lipinski definition) is 0. The maximum atomic E-state index is 5.92. The minimum atomic E-state index is 0.216. The van der Waals surface area contributed by atoms with E-state index in [0.717, 1.165) is 41.9 Å². The van der Waals surface area contributed by atoms with Crippen LogP contribution in [0.15, 0.2) is 0 Å². The third-order valence-corrected chi connectivity index (χ3v) is 3.65. The second-order valence-corrected chi connectivity index (χ2v) is 5.51. The molecule has 2 rings (SSSR count). The molecule has 0 amide bonds. The number of rotatable bonds is 7. The van der Waals surface area contributed by atoms with E-state index in [9.17, 15) is 0 Å². The van der Waals surface area contributed by atoms with E-state index in [1.165, 1.54) is 0 Å². The van der Waals surface area contributed by atoms with Crippen LogP contribution in [0.4, 0.5) is 0 Å². The molecule has 2 aromatic heterocycles. The Morgan fingerprint density at radius 3 is 2.70 bits per heavy atom. The van der Waals surface area contributed by atoms with Crippen molar-refractivity contribution in [2.45, 2.75) is 39.2 Å². The zero-order valence-corrected chi connectivity index (χ0v) is 13.4. The number of aromatic nitrogens is 4. The van der Waals surface area contributed by atoms with Crippen molar-refractivity contribution < 1.29 is 4.74 Å². The van der Waals surface area contributed by atoms with E-state index in [-0.39, 0.29) is 6.04 Å². The first-order chi connectivity index (χ1) is 9.63. The summed E-state index contributed by atoms with van der Waals surface area (Å²) in [4.78, 5) is 4.78. The van der Waals surface area contributed by atoms with Gasteiger partial charge in [-0.3, -0.25) is 4.68 Å². The van der Waals surface area contributed by atoms with Gasteiger partial charge in [0.05, 0.1) is 18.3 Å². The van der Waals surface area contributed by atoms with E-state index < -0.39 is 0 Å². The summed E-state index contributed by atoms with van der Waals surface area (Å²) in [5.74, 6) is 1.59. The van der Waals surface area contributed by atoms with Crippen molar-refractivity contribution in [3.63, 3.8) is 0 Å². The van der Waals surface area contributed by atoms with Gasteiger partial charge in [-0.15, -0.1) is 11.6 Å². The van der Waals surface area contributed by atoms with E-state index in [0.29, 0.717) is 12.5 Å². The summed E-state index contributed by atoms with van der Waals surface area (Å²) >= 11 is 5.92. The molecule has 5 nitrogen and oxygen atoms in total. The van der Waals surface area contributed by atoms with E-state index in [2.05, 4.69) is 23.5 Å². The summed E-state index contributed by atoms with van der Waals surface area (Å²) in [5.41, 5.74) is 3.15. The van der Waals surface area contributed by atoms with Crippen molar-refractivity contribution in [1.82, 2.24) is 19.3 Å². The lowest BCUT2D eigenvalue weighted by Crippen LogP contribution is -2.16. The van der Waals surface area contributed by atoms with Gasteiger partial charge >= 0.3 is 0 Å². The Labute approximate surface area is 124 Å². The Balaban J connectivity index is 2.58. The molecule has 0 N–H and O–H groups in total. The van der Waals surface area contributed by atoms with Crippen LogP contribution in [0.25, 0.3) is 11.2 Å². The van der Waals surface area contributed by atoms with Gasteiger partial charge < -0.3 is 9.30 Å². The maximum Gasteiger partial charge on any atom is 0.159 e. The van der Waals surface area contributed by atoms with Crippen molar-refractivity contribution in [1.29, 1.82) is 0 Å². The molecule has 0 saturated heterocycles. The molecule has 0 bridgehead atoms. The molecule has 0 aliphatic heterocycles. The van der Waals surface area contributed by atoms with Crippen LogP contribution < -0.4 is 0 Å². The molecular formula is C14H23ClN4O. The number of halogens is 1. The zero-order valence-electron chi connectivity index (χ0n) is 12.7. The Morgan fingerprint density at radius 2 is 2.10 bits per heavy atom.